The molecule has 1 aromatic heterocycles. The topological polar surface area (TPSA) is 61.2 Å². The maximum atomic E-state index is 11.9. The molecule has 0 aliphatic carbocycles. The second kappa shape index (κ2) is 5.06. The molecule has 2 aromatic rings. The highest BCUT2D eigenvalue weighted by molar-refractivity contribution is 14.1. The molecule has 0 aliphatic heterocycles. The number of rotatable bonds is 3. The van der Waals surface area contributed by atoms with Crippen LogP contribution in [0.1, 0.15) is 0 Å². The fourth-order valence-electron chi connectivity index (χ4n) is 1.22. The molecule has 0 aliphatic rings. The molecule has 1 aromatic carbocycles. The molecule has 0 amide bonds. The Kier molecular flexibility index (Phi) is 3.83. The van der Waals surface area contributed by atoms with Crippen LogP contribution < -0.4 is 4.18 Å². The van der Waals surface area contributed by atoms with Gasteiger partial charge in [-0.15, -0.1) is 0 Å². The zero-order valence-electron chi connectivity index (χ0n) is 9.17. The van der Waals surface area contributed by atoms with Crippen molar-refractivity contribution in [2.75, 3.05) is 0 Å². The van der Waals surface area contributed by atoms with E-state index in [2.05, 4.69) is 27.6 Å². The molecule has 0 atom stereocenters. The summed E-state index contributed by atoms with van der Waals surface area (Å²) in [5, 5.41) is -0.272. The van der Waals surface area contributed by atoms with Crippen LogP contribution >= 0.6 is 34.2 Å². The van der Waals surface area contributed by atoms with Gasteiger partial charge in [0.05, 0.1) is 6.33 Å². The molecule has 2 rings (SSSR count). The SMILES string of the molecule is Cn1cnc(S(=O)(=O)Oc2ccc(I)cc2)c1Cl. The minimum atomic E-state index is -4.00. The van der Waals surface area contributed by atoms with E-state index in [9.17, 15) is 8.42 Å². The number of halogens is 2. The maximum Gasteiger partial charge on any atom is 0.360 e. The van der Waals surface area contributed by atoms with Gasteiger partial charge in [0.25, 0.3) is 0 Å². The Morgan fingerprint density at radius 3 is 2.44 bits per heavy atom. The van der Waals surface area contributed by atoms with Crippen molar-refractivity contribution in [3.63, 3.8) is 0 Å². The first-order valence-electron chi connectivity index (χ1n) is 4.77. The normalized spacial score (nSPS) is 11.5. The third kappa shape index (κ3) is 2.78. The molecule has 0 N–H and O–H groups in total. The smallest absolute Gasteiger partial charge is 0.360 e. The van der Waals surface area contributed by atoms with Crippen LogP contribution in [0.5, 0.6) is 5.75 Å². The summed E-state index contributed by atoms with van der Waals surface area (Å²) in [4.78, 5) is 3.72. The van der Waals surface area contributed by atoms with Crippen molar-refractivity contribution in [2.45, 2.75) is 5.03 Å². The lowest BCUT2D eigenvalue weighted by atomic mass is 10.3. The molecular weight excluding hydrogens is 391 g/mol. The highest BCUT2D eigenvalue weighted by Gasteiger charge is 2.24. The van der Waals surface area contributed by atoms with Gasteiger partial charge in [-0.1, -0.05) is 11.6 Å². The Labute approximate surface area is 123 Å². The number of benzene rings is 1. The average molecular weight is 399 g/mol. The van der Waals surface area contributed by atoms with E-state index in [-0.39, 0.29) is 15.9 Å². The summed E-state index contributed by atoms with van der Waals surface area (Å²) in [6, 6.07) is 6.61. The molecule has 1 heterocycles. The van der Waals surface area contributed by atoms with E-state index in [1.54, 1.807) is 31.3 Å². The number of hydrogen-bond donors (Lipinski definition) is 0. The quantitative estimate of drug-likeness (QED) is 0.589. The highest BCUT2D eigenvalue weighted by Crippen LogP contribution is 2.23. The fourth-order valence-corrected chi connectivity index (χ4v) is 2.92. The predicted octanol–water partition coefficient (Wildman–Crippen LogP) is 2.45. The molecule has 0 fully saturated rings. The van der Waals surface area contributed by atoms with Crippen molar-refractivity contribution >= 4 is 44.3 Å². The number of aromatic nitrogens is 2. The summed E-state index contributed by atoms with van der Waals surface area (Å²) in [7, 11) is -2.41. The Morgan fingerprint density at radius 2 is 1.94 bits per heavy atom. The van der Waals surface area contributed by atoms with Gasteiger partial charge in [0.2, 0.25) is 5.03 Å². The van der Waals surface area contributed by atoms with Crippen molar-refractivity contribution in [3.05, 3.63) is 39.3 Å². The van der Waals surface area contributed by atoms with Gasteiger partial charge in [-0.25, -0.2) is 4.98 Å². The Balaban J connectivity index is 2.33. The minimum Gasteiger partial charge on any atom is -0.378 e. The van der Waals surface area contributed by atoms with Crippen molar-refractivity contribution in [2.24, 2.45) is 7.05 Å². The van der Waals surface area contributed by atoms with Crippen LogP contribution in [0, 0.1) is 3.57 Å². The second-order valence-electron chi connectivity index (χ2n) is 3.44. The molecule has 0 saturated heterocycles. The van der Waals surface area contributed by atoms with Gasteiger partial charge in [0, 0.05) is 10.6 Å². The summed E-state index contributed by atoms with van der Waals surface area (Å²) in [5.41, 5.74) is 0. The van der Waals surface area contributed by atoms with Crippen LogP contribution in [0.2, 0.25) is 5.15 Å². The highest BCUT2D eigenvalue weighted by atomic mass is 127. The van der Waals surface area contributed by atoms with Crippen LogP contribution in [-0.2, 0) is 17.2 Å². The van der Waals surface area contributed by atoms with Crippen LogP contribution in [0.25, 0.3) is 0 Å². The van der Waals surface area contributed by atoms with Crippen LogP contribution in [0.4, 0.5) is 0 Å². The molecule has 96 valence electrons. The molecule has 0 bridgehead atoms. The van der Waals surface area contributed by atoms with Gasteiger partial charge >= 0.3 is 10.1 Å². The minimum absolute atomic E-state index is 0.0144. The second-order valence-corrected chi connectivity index (χ2v) is 6.51. The molecular formula is C10H8ClIN2O3S. The van der Waals surface area contributed by atoms with E-state index >= 15 is 0 Å². The van der Waals surface area contributed by atoms with Crippen LogP contribution in [-0.4, -0.2) is 18.0 Å². The first-order valence-corrected chi connectivity index (χ1v) is 7.63. The number of nitrogens with zero attached hydrogens (tertiary/aromatic N) is 2. The Hall–Kier alpha value is -0.800. The Bertz CT molecular complexity index is 667. The summed E-state index contributed by atoms with van der Waals surface area (Å²) >= 11 is 7.94. The van der Waals surface area contributed by atoms with Gasteiger partial charge in [-0.2, -0.15) is 8.42 Å². The molecule has 5 nitrogen and oxygen atoms in total. The van der Waals surface area contributed by atoms with E-state index in [0.717, 1.165) is 3.57 Å². The van der Waals surface area contributed by atoms with E-state index in [4.69, 9.17) is 15.8 Å². The van der Waals surface area contributed by atoms with Crippen LogP contribution in [0.3, 0.4) is 0 Å². The molecule has 0 saturated carbocycles. The first-order chi connectivity index (χ1) is 8.40. The van der Waals surface area contributed by atoms with Gasteiger partial charge in [0.15, 0.2) is 5.15 Å². The standard InChI is InChI=1S/C10H8ClIN2O3S/c1-14-6-13-10(9(14)11)18(15,16)17-8-4-2-7(12)3-5-8/h2-6H,1H3. The third-order valence-electron chi connectivity index (χ3n) is 2.09. The Morgan fingerprint density at radius 1 is 1.33 bits per heavy atom. The fraction of sp³-hybridized carbons (Fsp3) is 0.100. The van der Waals surface area contributed by atoms with E-state index in [0.29, 0.717) is 0 Å². The van der Waals surface area contributed by atoms with E-state index in [1.165, 1.54) is 10.9 Å². The van der Waals surface area contributed by atoms with E-state index < -0.39 is 10.1 Å². The number of hydrogen-bond acceptors (Lipinski definition) is 4. The zero-order valence-corrected chi connectivity index (χ0v) is 12.9. The number of imidazole rings is 1. The summed E-state index contributed by atoms with van der Waals surface area (Å²) in [6.07, 6.45) is 1.31. The zero-order chi connectivity index (χ0) is 13.3. The molecule has 18 heavy (non-hydrogen) atoms. The third-order valence-corrected chi connectivity index (χ3v) is 4.55. The van der Waals surface area contributed by atoms with E-state index in [1.807, 2.05) is 0 Å². The summed E-state index contributed by atoms with van der Waals surface area (Å²) < 4.78 is 31.2. The monoisotopic (exact) mass is 398 g/mol. The van der Waals surface area contributed by atoms with Crippen LogP contribution in [0.15, 0.2) is 35.6 Å². The molecule has 0 unspecified atom stereocenters. The largest absolute Gasteiger partial charge is 0.378 e. The van der Waals surface area contributed by atoms with Crippen molar-refractivity contribution in [1.29, 1.82) is 0 Å². The van der Waals surface area contributed by atoms with Gasteiger partial charge in [-0.05, 0) is 46.9 Å². The van der Waals surface area contributed by atoms with Crippen molar-refractivity contribution in [3.8, 4) is 5.75 Å². The predicted molar refractivity (Wildman–Crippen MR) is 75.2 cm³/mol. The molecule has 8 heteroatoms. The summed E-state index contributed by atoms with van der Waals surface area (Å²) in [5.74, 6) is 0.220. The lowest BCUT2D eigenvalue weighted by Gasteiger charge is -2.05. The lowest BCUT2D eigenvalue weighted by Crippen LogP contribution is -2.11. The maximum absolute atomic E-state index is 11.9. The van der Waals surface area contributed by atoms with Gasteiger partial charge in [-0.3, -0.25) is 0 Å². The van der Waals surface area contributed by atoms with Gasteiger partial charge < -0.3 is 8.75 Å². The first kappa shape index (κ1) is 13.6. The molecule has 0 spiro atoms. The average Bonchev–Trinajstić information content (AvgIpc) is 2.63. The summed E-state index contributed by atoms with van der Waals surface area (Å²) in [6.45, 7) is 0. The van der Waals surface area contributed by atoms with Crippen molar-refractivity contribution < 1.29 is 12.6 Å². The molecule has 0 radical (unpaired) electrons. The van der Waals surface area contributed by atoms with Gasteiger partial charge in [0.1, 0.15) is 5.75 Å². The van der Waals surface area contributed by atoms with Crippen molar-refractivity contribution in [1.82, 2.24) is 9.55 Å². The lowest BCUT2D eigenvalue weighted by molar-refractivity contribution is 0.483. The number of aryl methyl sites for hydroxylation is 1.